The molecule has 0 aliphatic carbocycles. The van der Waals surface area contributed by atoms with E-state index in [0.717, 1.165) is 11.7 Å². The topological polar surface area (TPSA) is 32.7 Å². The average Bonchev–Trinajstić information content (AvgIpc) is 2.53. The molecule has 1 rings (SSSR count). The van der Waals surface area contributed by atoms with Crippen LogP contribution in [0.25, 0.3) is 0 Å². The average molecular weight is 249 g/mol. The Kier molecular flexibility index (Phi) is 5.11. The SMILES string of the molecule is O=C1CC(C=C(F)F)CN1C/C=C\N=CCl. The van der Waals surface area contributed by atoms with E-state index in [2.05, 4.69) is 4.99 Å². The molecule has 16 heavy (non-hydrogen) atoms. The Labute approximate surface area is 97.1 Å². The van der Waals surface area contributed by atoms with E-state index in [1.165, 1.54) is 11.1 Å². The fourth-order valence-electron chi connectivity index (χ4n) is 1.54. The molecule has 88 valence electrons. The van der Waals surface area contributed by atoms with E-state index < -0.39 is 6.08 Å². The molecule has 1 amide bonds. The molecule has 0 radical (unpaired) electrons. The van der Waals surface area contributed by atoms with E-state index in [-0.39, 0.29) is 18.2 Å². The second kappa shape index (κ2) is 6.37. The van der Waals surface area contributed by atoms with Crippen LogP contribution in [0.5, 0.6) is 0 Å². The van der Waals surface area contributed by atoms with Crippen LogP contribution in [0.1, 0.15) is 6.42 Å². The molecule has 0 spiro atoms. The minimum Gasteiger partial charge on any atom is -0.338 e. The van der Waals surface area contributed by atoms with Crippen molar-refractivity contribution in [2.75, 3.05) is 13.1 Å². The maximum absolute atomic E-state index is 12.0. The largest absolute Gasteiger partial charge is 0.338 e. The molecule has 1 aliphatic heterocycles. The Bertz CT molecular complexity index is 338. The number of nitrogens with zero attached hydrogens (tertiary/aromatic N) is 2. The highest BCUT2D eigenvalue weighted by atomic mass is 35.5. The maximum Gasteiger partial charge on any atom is 0.266 e. The molecule has 0 aromatic carbocycles. The fourth-order valence-corrected chi connectivity index (χ4v) is 1.60. The van der Waals surface area contributed by atoms with Gasteiger partial charge in [0.1, 0.15) is 0 Å². The normalized spacial score (nSPS) is 21.3. The molecular formula is C10H11ClF2N2O. The minimum atomic E-state index is -1.73. The summed E-state index contributed by atoms with van der Waals surface area (Å²) in [4.78, 5) is 16.5. The van der Waals surface area contributed by atoms with Crippen LogP contribution in [0.2, 0.25) is 0 Å². The van der Waals surface area contributed by atoms with E-state index in [1.54, 1.807) is 6.08 Å². The number of likely N-dealkylation sites (tertiary alicyclic amines) is 1. The third-order valence-corrected chi connectivity index (χ3v) is 2.29. The molecule has 1 aliphatic rings. The van der Waals surface area contributed by atoms with E-state index in [9.17, 15) is 13.6 Å². The van der Waals surface area contributed by atoms with Crippen molar-refractivity contribution < 1.29 is 13.6 Å². The van der Waals surface area contributed by atoms with Gasteiger partial charge in [-0.3, -0.25) is 9.79 Å². The van der Waals surface area contributed by atoms with Gasteiger partial charge in [-0.15, -0.1) is 0 Å². The summed E-state index contributed by atoms with van der Waals surface area (Å²) in [5.74, 6) is -0.510. The smallest absolute Gasteiger partial charge is 0.266 e. The first-order valence-electron chi connectivity index (χ1n) is 4.71. The number of carbonyl (C=O) groups excluding carboxylic acids is 1. The summed E-state index contributed by atoms with van der Waals surface area (Å²) in [6.45, 7) is 0.691. The Morgan fingerprint density at radius 1 is 1.62 bits per heavy atom. The number of rotatable bonds is 4. The van der Waals surface area contributed by atoms with Crippen LogP contribution >= 0.6 is 11.6 Å². The summed E-state index contributed by atoms with van der Waals surface area (Å²) < 4.78 is 24.0. The predicted molar refractivity (Wildman–Crippen MR) is 58.5 cm³/mol. The first-order chi connectivity index (χ1) is 7.63. The van der Waals surface area contributed by atoms with Gasteiger partial charge < -0.3 is 4.90 Å². The van der Waals surface area contributed by atoms with E-state index in [4.69, 9.17) is 11.6 Å². The zero-order valence-electron chi connectivity index (χ0n) is 8.44. The van der Waals surface area contributed by atoms with Gasteiger partial charge in [0.05, 0.1) is 5.67 Å². The molecule has 6 heteroatoms. The van der Waals surface area contributed by atoms with Gasteiger partial charge in [0.25, 0.3) is 6.08 Å². The molecule has 1 heterocycles. The minimum absolute atomic E-state index is 0.123. The molecule has 3 nitrogen and oxygen atoms in total. The van der Waals surface area contributed by atoms with Gasteiger partial charge in [-0.1, -0.05) is 11.6 Å². The molecule has 1 unspecified atom stereocenters. The number of hydrogen-bond acceptors (Lipinski definition) is 2. The van der Waals surface area contributed by atoms with Crippen LogP contribution in [0.15, 0.2) is 29.4 Å². The quantitative estimate of drug-likeness (QED) is 0.703. The van der Waals surface area contributed by atoms with Crippen molar-refractivity contribution >= 4 is 23.2 Å². The molecule has 1 fully saturated rings. The van der Waals surface area contributed by atoms with Crippen LogP contribution in [0.3, 0.4) is 0 Å². The van der Waals surface area contributed by atoms with Gasteiger partial charge in [0, 0.05) is 31.6 Å². The van der Waals surface area contributed by atoms with Crippen molar-refractivity contribution in [3.63, 3.8) is 0 Å². The van der Waals surface area contributed by atoms with E-state index >= 15 is 0 Å². The summed E-state index contributed by atoms with van der Waals surface area (Å²) >= 11 is 5.19. The second-order valence-corrected chi connectivity index (χ2v) is 3.55. The number of carbonyl (C=O) groups is 1. The zero-order chi connectivity index (χ0) is 12.0. The lowest BCUT2D eigenvalue weighted by molar-refractivity contribution is -0.127. The standard InChI is InChI=1S/C10H11ClF2N2O/c11-7-14-2-1-3-15-6-8(4-9(12)13)5-10(15)16/h1-2,4,7-8H,3,5-6H2/b2-1-,14-7?. The molecular weight excluding hydrogens is 238 g/mol. The molecule has 1 saturated heterocycles. The molecule has 0 aromatic heterocycles. The van der Waals surface area contributed by atoms with Crippen LogP contribution in [0.4, 0.5) is 8.78 Å². The van der Waals surface area contributed by atoms with Crippen molar-refractivity contribution in [3.8, 4) is 0 Å². The van der Waals surface area contributed by atoms with Gasteiger partial charge >= 0.3 is 0 Å². The highest BCUT2D eigenvalue weighted by molar-refractivity contribution is 6.56. The Balaban J connectivity index is 2.45. The van der Waals surface area contributed by atoms with E-state index in [1.807, 2.05) is 0 Å². The van der Waals surface area contributed by atoms with Crippen molar-refractivity contribution in [1.82, 2.24) is 4.90 Å². The lowest BCUT2D eigenvalue weighted by Crippen LogP contribution is -2.24. The van der Waals surface area contributed by atoms with Crippen LogP contribution in [-0.2, 0) is 4.79 Å². The highest BCUT2D eigenvalue weighted by Crippen LogP contribution is 2.20. The van der Waals surface area contributed by atoms with Crippen molar-refractivity contribution in [3.05, 3.63) is 24.4 Å². The fraction of sp³-hybridized carbons (Fsp3) is 0.400. The van der Waals surface area contributed by atoms with Crippen molar-refractivity contribution in [2.45, 2.75) is 6.42 Å². The number of hydrogen-bond donors (Lipinski definition) is 0. The van der Waals surface area contributed by atoms with Crippen molar-refractivity contribution in [2.24, 2.45) is 10.9 Å². The third-order valence-electron chi connectivity index (χ3n) is 2.18. The summed E-state index contributed by atoms with van der Waals surface area (Å²) in [6.07, 6.45) is 2.35. The molecule has 1 atom stereocenters. The number of aliphatic imine (C=N–C) groups is 1. The van der Waals surface area contributed by atoms with E-state index in [0.29, 0.717) is 13.1 Å². The van der Waals surface area contributed by atoms with Crippen LogP contribution in [-0.4, -0.2) is 29.6 Å². The first-order valence-corrected chi connectivity index (χ1v) is 5.14. The van der Waals surface area contributed by atoms with Gasteiger partial charge in [-0.2, -0.15) is 8.78 Å². The van der Waals surface area contributed by atoms with Crippen LogP contribution < -0.4 is 0 Å². The Morgan fingerprint density at radius 3 is 3.00 bits per heavy atom. The number of amides is 1. The Morgan fingerprint density at radius 2 is 2.38 bits per heavy atom. The van der Waals surface area contributed by atoms with Gasteiger partial charge in [-0.05, 0) is 12.2 Å². The molecule has 0 aromatic rings. The monoisotopic (exact) mass is 248 g/mol. The van der Waals surface area contributed by atoms with Gasteiger partial charge in [-0.25, -0.2) is 0 Å². The van der Waals surface area contributed by atoms with Crippen LogP contribution in [0, 0.1) is 5.92 Å². The van der Waals surface area contributed by atoms with Crippen molar-refractivity contribution in [1.29, 1.82) is 0 Å². The maximum atomic E-state index is 12.0. The third kappa shape index (κ3) is 4.10. The summed E-state index contributed by atoms with van der Waals surface area (Å²) in [7, 11) is 0. The zero-order valence-corrected chi connectivity index (χ0v) is 9.20. The Hall–Kier alpha value is -1.23. The molecule has 0 bridgehead atoms. The first kappa shape index (κ1) is 12.8. The highest BCUT2D eigenvalue weighted by Gasteiger charge is 2.27. The second-order valence-electron chi connectivity index (χ2n) is 3.35. The number of halogens is 3. The predicted octanol–water partition coefficient (Wildman–Crippen LogP) is 2.40. The molecule has 0 N–H and O–H groups in total. The summed E-state index contributed by atoms with van der Waals surface area (Å²) in [5.41, 5.74) is 1.10. The lowest BCUT2D eigenvalue weighted by Gasteiger charge is -2.12. The van der Waals surface area contributed by atoms with Gasteiger partial charge in [0.15, 0.2) is 0 Å². The summed E-state index contributed by atoms with van der Waals surface area (Å²) in [5, 5.41) is 0. The summed E-state index contributed by atoms with van der Waals surface area (Å²) in [6, 6.07) is 0. The molecule has 0 saturated carbocycles. The van der Waals surface area contributed by atoms with Gasteiger partial charge in [0.2, 0.25) is 5.91 Å². The lowest BCUT2D eigenvalue weighted by atomic mass is 10.1.